The van der Waals surface area contributed by atoms with Gasteiger partial charge in [0.05, 0.1) is 6.04 Å². The first-order valence-electron chi connectivity index (χ1n) is 9.09. The van der Waals surface area contributed by atoms with E-state index in [4.69, 9.17) is 4.74 Å². The van der Waals surface area contributed by atoms with Gasteiger partial charge in [0.2, 0.25) is 5.91 Å². The van der Waals surface area contributed by atoms with Crippen LogP contribution in [0.15, 0.2) is 54.6 Å². The maximum Gasteiger partial charge on any atom is 0.223 e. The van der Waals surface area contributed by atoms with Gasteiger partial charge in [-0.3, -0.25) is 4.79 Å². The van der Waals surface area contributed by atoms with Gasteiger partial charge < -0.3 is 15.4 Å². The van der Waals surface area contributed by atoms with Crippen molar-refractivity contribution in [3.63, 3.8) is 0 Å². The smallest absolute Gasteiger partial charge is 0.223 e. The summed E-state index contributed by atoms with van der Waals surface area (Å²) in [6, 6.07) is 16.0. The Bertz CT molecular complexity index is 723. The van der Waals surface area contributed by atoms with E-state index < -0.39 is 5.82 Å². The van der Waals surface area contributed by atoms with E-state index in [-0.39, 0.29) is 30.2 Å². The number of nitrogens with one attached hydrogen (secondary N) is 2. The zero-order valence-electron chi connectivity index (χ0n) is 15.0. The molecule has 0 bridgehead atoms. The fraction of sp³-hybridized carbons (Fsp3) is 0.381. The minimum absolute atomic E-state index is 0.00840. The summed E-state index contributed by atoms with van der Waals surface area (Å²) in [7, 11) is 0. The van der Waals surface area contributed by atoms with Crippen molar-refractivity contribution in [3.05, 3.63) is 66.0 Å². The molecule has 1 saturated heterocycles. The minimum Gasteiger partial charge on any atom is -0.488 e. The standard InChI is InChI=1S/C21H25FN2O2/c1-15-13-17(11-12-23-15)21(25)24-19(16-7-3-2-4-8-16)14-26-20-10-6-5-9-18(20)22/h2-10,15,17,19,23H,11-14H2,1H3,(H,24,25)/t15-,17-,19?/m0/s1. The van der Waals surface area contributed by atoms with Gasteiger partial charge in [0, 0.05) is 12.0 Å². The van der Waals surface area contributed by atoms with Crippen LogP contribution < -0.4 is 15.4 Å². The molecule has 5 heteroatoms. The van der Waals surface area contributed by atoms with E-state index in [1.54, 1.807) is 18.2 Å². The molecule has 0 radical (unpaired) electrons. The highest BCUT2D eigenvalue weighted by atomic mass is 19.1. The van der Waals surface area contributed by atoms with Crippen molar-refractivity contribution < 1.29 is 13.9 Å². The number of hydrogen-bond acceptors (Lipinski definition) is 3. The number of amides is 1. The Kier molecular flexibility index (Phi) is 6.23. The number of para-hydroxylation sites is 1. The van der Waals surface area contributed by atoms with Gasteiger partial charge in [-0.1, -0.05) is 42.5 Å². The number of piperidine rings is 1. The third-order valence-corrected chi connectivity index (χ3v) is 4.76. The molecular formula is C21H25FN2O2. The summed E-state index contributed by atoms with van der Waals surface area (Å²) < 4.78 is 19.5. The molecule has 0 aromatic heterocycles. The van der Waals surface area contributed by atoms with Gasteiger partial charge in [0.15, 0.2) is 11.6 Å². The van der Waals surface area contributed by atoms with Crippen LogP contribution in [0.1, 0.15) is 31.4 Å². The monoisotopic (exact) mass is 356 g/mol. The topological polar surface area (TPSA) is 50.4 Å². The molecular weight excluding hydrogens is 331 g/mol. The first-order valence-corrected chi connectivity index (χ1v) is 9.09. The van der Waals surface area contributed by atoms with Crippen molar-refractivity contribution in [2.45, 2.75) is 31.8 Å². The molecule has 3 atom stereocenters. The van der Waals surface area contributed by atoms with E-state index in [1.807, 2.05) is 30.3 Å². The van der Waals surface area contributed by atoms with Crippen LogP contribution >= 0.6 is 0 Å². The van der Waals surface area contributed by atoms with Crippen LogP contribution in [0.5, 0.6) is 5.75 Å². The maximum atomic E-state index is 13.8. The molecule has 1 aliphatic rings. The lowest BCUT2D eigenvalue weighted by Crippen LogP contribution is -2.44. The van der Waals surface area contributed by atoms with Crippen LogP contribution in [0, 0.1) is 11.7 Å². The zero-order valence-corrected chi connectivity index (χ0v) is 15.0. The molecule has 1 heterocycles. The molecule has 0 saturated carbocycles. The first-order chi connectivity index (χ1) is 12.6. The lowest BCUT2D eigenvalue weighted by Gasteiger charge is -2.29. The second kappa shape index (κ2) is 8.81. The predicted octanol–water partition coefficient (Wildman–Crippen LogP) is 3.45. The van der Waals surface area contributed by atoms with E-state index in [0.717, 1.165) is 24.9 Å². The number of hydrogen-bond donors (Lipinski definition) is 2. The highest BCUT2D eigenvalue weighted by molar-refractivity contribution is 5.79. The van der Waals surface area contributed by atoms with E-state index >= 15 is 0 Å². The summed E-state index contributed by atoms with van der Waals surface area (Å²) in [6.45, 7) is 3.12. The molecule has 2 aromatic rings. The summed E-state index contributed by atoms with van der Waals surface area (Å²) in [5.74, 6) is -0.189. The molecule has 3 rings (SSSR count). The number of carbonyl (C=O) groups excluding carboxylic acids is 1. The molecule has 1 amide bonds. The zero-order chi connectivity index (χ0) is 18.4. The number of ether oxygens (including phenoxy) is 1. The van der Waals surface area contributed by atoms with E-state index in [2.05, 4.69) is 17.6 Å². The Balaban J connectivity index is 1.69. The first kappa shape index (κ1) is 18.4. The van der Waals surface area contributed by atoms with E-state index in [1.165, 1.54) is 6.07 Å². The summed E-state index contributed by atoms with van der Waals surface area (Å²) in [5, 5.41) is 6.46. The molecule has 1 aliphatic heterocycles. The number of carbonyl (C=O) groups is 1. The summed E-state index contributed by atoms with van der Waals surface area (Å²) in [6.07, 6.45) is 1.65. The fourth-order valence-electron chi connectivity index (χ4n) is 3.30. The molecule has 2 N–H and O–H groups in total. The van der Waals surface area contributed by atoms with E-state index in [9.17, 15) is 9.18 Å². The third kappa shape index (κ3) is 4.82. The molecule has 2 aromatic carbocycles. The van der Waals surface area contributed by atoms with Gasteiger partial charge in [0.25, 0.3) is 0 Å². The van der Waals surface area contributed by atoms with Crippen molar-refractivity contribution in [3.8, 4) is 5.75 Å². The van der Waals surface area contributed by atoms with Crippen molar-refractivity contribution in [2.75, 3.05) is 13.2 Å². The second-order valence-electron chi connectivity index (χ2n) is 6.79. The Hall–Kier alpha value is -2.40. The second-order valence-corrected chi connectivity index (χ2v) is 6.79. The largest absolute Gasteiger partial charge is 0.488 e. The Morgan fingerprint density at radius 3 is 2.69 bits per heavy atom. The normalized spacial score (nSPS) is 21.0. The van der Waals surface area contributed by atoms with Crippen LogP contribution in [0.4, 0.5) is 4.39 Å². The maximum absolute atomic E-state index is 13.8. The molecule has 1 fully saturated rings. The molecule has 0 aliphatic carbocycles. The highest BCUT2D eigenvalue weighted by Gasteiger charge is 2.27. The van der Waals surface area contributed by atoms with Crippen molar-refractivity contribution in [2.24, 2.45) is 5.92 Å². The minimum atomic E-state index is -0.405. The number of benzene rings is 2. The number of rotatable bonds is 6. The van der Waals surface area contributed by atoms with Crippen LogP contribution in [0.25, 0.3) is 0 Å². The van der Waals surface area contributed by atoms with Crippen LogP contribution in [0.3, 0.4) is 0 Å². The van der Waals surface area contributed by atoms with Gasteiger partial charge in [-0.2, -0.15) is 0 Å². The van der Waals surface area contributed by atoms with Gasteiger partial charge in [0.1, 0.15) is 6.61 Å². The average Bonchev–Trinajstić information content (AvgIpc) is 2.67. The third-order valence-electron chi connectivity index (χ3n) is 4.76. The molecule has 138 valence electrons. The predicted molar refractivity (Wildman–Crippen MR) is 99.4 cm³/mol. The van der Waals surface area contributed by atoms with Crippen molar-refractivity contribution in [1.82, 2.24) is 10.6 Å². The van der Waals surface area contributed by atoms with Crippen molar-refractivity contribution in [1.29, 1.82) is 0 Å². The Morgan fingerprint density at radius 2 is 1.96 bits per heavy atom. The van der Waals surface area contributed by atoms with Crippen LogP contribution in [0.2, 0.25) is 0 Å². The fourth-order valence-corrected chi connectivity index (χ4v) is 3.30. The average molecular weight is 356 g/mol. The van der Waals surface area contributed by atoms with Gasteiger partial charge in [-0.05, 0) is 44.0 Å². The lowest BCUT2D eigenvalue weighted by molar-refractivity contribution is -0.127. The lowest BCUT2D eigenvalue weighted by atomic mass is 9.92. The number of halogens is 1. The molecule has 1 unspecified atom stereocenters. The SMILES string of the molecule is C[C@H]1C[C@@H](C(=O)NC(COc2ccccc2F)c2ccccc2)CCN1. The quantitative estimate of drug-likeness (QED) is 0.833. The van der Waals surface area contributed by atoms with Crippen molar-refractivity contribution >= 4 is 5.91 Å². The molecule has 26 heavy (non-hydrogen) atoms. The van der Waals surface area contributed by atoms with E-state index in [0.29, 0.717) is 6.04 Å². The van der Waals surface area contributed by atoms with Gasteiger partial charge >= 0.3 is 0 Å². The molecule has 0 spiro atoms. The summed E-state index contributed by atoms with van der Waals surface area (Å²) in [5.41, 5.74) is 0.944. The highest BCUT2D eigenvalue weighted by Crippen LogP contribution is 2.22. The summed E-state index contributed by atoms with van der Waals surface area (Å²) in [4.78, 5) is 12.7. The van der Waals surface area contributed by atoms with Gasteiger partial charge in [-0.25, -0.2) is 4.39 Å². The summed E-state index contributed by atoms with van der Waals surface area (Å²) >= 11 is 0. The Labute approximate surface area is 153 Å². The molecule has 4 nitrogen and oxygen atoms in total. The van der Waals surface area contributed by atoms with Crippen LogP contribution in [-0.4, -0.2) is 25.1 Å². The van der Waals surface area contributed by atoms with Gasteiger partial charge in [-0.15, -0.1) is 0 Å². The Morgan fingerprint density at radius 1 is 1.23 bits per heavy atom. The van der Waals surface area contributed by atoms with Crippen LogP contribution in [-0.2, 0) is 4.79 Å².